The number of anilines is 2. The number of carbonyl (C=O) groups excluding carboxylic acids is 2. The summed E-state index contributed by atoms with van der Waals surface area (Å²) in [4.78, 5) is 31.4. The summed E-state index contributed by atoms with van der Waals surface area (Å²) in [5.74, 6) is -0.489. The van der Waals surface area contributed by atoms with Crippen LogP contribution in [0.25, 0.3) is 21.1 Å². The van der Waals surface area contributed by atoms with Gasteiger partial charge in [-0.1, -0.05) is 71.7 Å². The van der Waals surface area contributed by atoms with Crippen LogP contribution >= 0.6 is 23.2 Å². The molecule has 0 unspecified atom stereocenters. The molecule has 4 aromatic carbocycles. The quantitative estimate of drug-likeness (QED) is 0.0586. The zero-order valence-corrected chi connectivity index (χ0v) is 35.7. The van der Waals surface area contributed by atoms with Crippen LogP contribution in [0.2, 0.25) is 10.0 Å². The Morgan fingerprint density at radius 3 is 1.72 bits per heavy atom. The summed E-state index contributed by atoms with van der Waals surface area (Å²) >= 11 is 12.4. The van der Waals surface area contributed by atoms with Crippen molar-refractivity contribution in [1.82, 2.24) is 21.0 Å². The molecule has 6 rings (SSSR count). The topological polar surface area (TPSA) is 180 Å². The van der Waals surface area contributed by atoms with Gasteiger partial charge in [-0.3, -0.25) is 20.4 Å². The van der Waals surface area contributed by atoms with Gasteiger partial charge < -0.3 is 30.0 Å². The molecule has 2 heterocycles. The van der Waals surface area contributed by atoms with Gasteiger partial charge in [0.15, 0.2) is 0 Å². The van der Waals surface area contributed by atoms with Crippen LogP contribution in [0.5, 0.6) is 0 Å². The first kappa shape index (κ1) is 46.7. The number of halogens is 2. The number of carbonyl (C=O) groups is 2. The number of aromatic nitrogens is 2. The van der Waals surface area contributed by atoms with E-state index in [1.54, 1.807) is 69.3 Å². The minimum Gasteiger partial charge on any atom is -0.418 e. The van der Waals surface area contributed by atoms with Gasteiger partial charge in [0, 0.05) is 35.7 Å². The van der Waals surface area contributed by atoms with Crippen LogP contribution in [0.4, 0.5) is 22.7 Å². The largest absolute Gasteiger partial charge is 0.418 e. The summed E-state index contributed by atoms with van der Waals surface area (Å²) in [6, 6.07) is 22.6. The van der Waals surface area contributed by atoms with Gasteiger partial charge in [0.05, 0.1) is 34.4 Å². The third kappa shape index (κ3) is 12.7. The molecule has 0 bridgehead atoms. The second-order valence-corrected chi connectivity index (χ2v) is 15.5. The fraction of sp³-hybridized carbons (Fsp3) is 0.318. The molecule has 314 valence electrons. The fourth-order valence-corrected chi connectivity index (χ4v) is 6.07. The average molecular weight is 856 g/mol. The third-order valence-corrected chi connectivity index (χ3v) is 10.1. The van der Waals surface area contributed by atoms with Gasteiger partial charge in [-0.05, 0) is 102 Å². The molecule has 2 atom stereocenters. The van der Waals surface area contributed by atoms with Gasteiger partial charge in [-0.25, -0.2) is 9.69 Å². The van der Waals surface area contributed by atoms with Crippen molar-refractivity contribution in [2.24, 2.45) is 0 Å². The maximum atomic E-state index is 12.6. The highest BCUT2D eigenvalue weighted by atomic mass is 35.5. The highest BCUT2D eigenvalue weighted by Crippen LogP contribution is 2.37. The van der Waals surface area contributed by atoms with E-state index >= 15 is 0 Å². The molecule has 16 heteroatoms. The lowest BCUT2D eigenvalue weighted by molar-refractivity contribution is -0.127. The normalized spacial score (nSPS) is 13.1. The van der Waals surface area contributed by atoms with Crippen LogP contribution in [0.1, 0.15) is 74.0 Å². The number of aliphatic hydroxyl groups is 2. The van der Waals surface area contributed by atoms with Gasteiger partial charge >= 0.3 is 0 Å². The van der Waals surface area contributed by atoms with Crippen LogP contribution in [-0.2, 0) is 9.53 Å². The Bertz CT molecular complexity index is 2300. The molecule has 1 aliphatic heterocycles. The SMILES string of the molecule is C1CCOC1.[C-]#[N+]c1ccc(N[C@@H](C(=O)NNC(=O)c2ccccc2)C(C)(C)O)c(C)c1Cl.[C-]#[N+]c1ccc(N[C@@H](c2nnc(-c3ccccc3)o2)C(C)(C)O)c(C)c1Cl. The molecule has 1 fully saturated rings. The van der Waals surface area contributed by atoms with E-state index in [0.29, 0.717) is 50.4 Å². The van der Waals surface area contributed by atoms with Crippen molar-refractivity contribution in [1.29, 1.82) is 0 Å². The summed E-state index contributed by atoms with van der Waals surface area (Å²) in [5, 5.41) is 36.1. The van der Waals surface area contributed by atoms with Gasteiger partial charge in [-0.15, -0.1) is 10.2 Å². The molecule has 1 aliphatic rings. The number of amides is 2. The molecule has 60 heavy (non-hydrogen) atoms. The Hall–Kier alpha value is -6.00. The van der Waals surface area contributed by atoms with Crippen molar-refractivity contribution in [2.75, 3.05) is 23.8 Å². The molecular formula is C44H48Cl2N8O6. The molecule has 0 spiro atoms. The monoisotopic (exact) mass is 854 g/mol. The Kier molecular flexibility index (Phi) is 16.6. The zero-order valence-electron chi connectivity index (χ0n) is 34.1. The molecule has 0 aliphatic carbocycles. The van der Waals surface area contributed by atoms with Gasteiger partial charge in [-0.2, -0.15) is 0 Å². The predicted octanol–water partition coefficient (Wildman–Crippen LogP) is 9.18. The van der Waals surface area contributed by atoms with E-state index in [1.165, 1.54) is 32.8 Å². The molecule has 0 saturated carbocycles. The van der Waals surface area contributed by atoms with Crippen LogP contribution < -0.4 is 21.5 Å². The molecule has 0 radical (unpaired) electrons. The van der Waals surface area contributed by atoms with Gasteiger partial charge in [0.1, 0.15) is 12.1 Å². The second kappa shape index (κ2) is 21.3. The molecule has 6 N–H and O–H groups in total. The van der Waals surface area contributed by atoms with Crippen molar-refractivity contribution in [3.05, 3.63) is 140 Å². The number of nitrogens with zero attached hydrogens (tertiary/aromatic N) is 4. The lowest BCUT2D eigenvalue weighted by atomic mass is 9.97. The molecule has 2 amide bonds. The Balaban J connectivity index is 0.000000236. The molecular weight excluding hydrogens is 807 g/mol. The standard InChI is InChI=1S/C20H21ClN4O3.C20H19ClN4O2.C4H8O/c1-12-14(10-11-15(22-4)16(12)21)23-17(20(2,3)28)19(27)25-24-18(26)13-8-6-5-7-9-13;1-12-14(10-11-15(22-4)16(12)21)23-17(20(2,3)26)19-25-24-18(27-19)13-8-6-5-7-9-13;1-2-4-5-3-1/h5-11,17,23,28H,1-3H3,(H,24,26)(H,25,27);5-11,17,23,26H,1-3H3;1-4H2/t2*17-;/m00./s1. The van der Waals surface area contributed by atoms with E-state index in [1.807, 2.05) is 37.3 Å². The highest BCUT2D eigenvalue weighted by Gasteiger charge is 2.35. The fourth-order valence-electron chi connectivity index (χ4n) is 5.65. The van der Waals surface area contributed by atoms with E-state index < -0.39 is 35.1 Å². The molecule has 5 aromatic rings. The summed E-state index contributed by atoms with van der Waals surface area (Å²) in [6.45, 7) is 26.0. The van der Waals surface area contributed by atoms with E-state index in [0.717, 1.165) is 18.8 Å². The maximum absolute atomic E-state index is 12.6. The molecule has 1 aromatic heterocycles. The first-order valence-corrected chi connectivity index (χ1v) is 19.6. The molecule has 1 saturated heterocycles. The smallest absolute Gasteiger partial charge is 0.269 e. The summed E-state index contributed by atoms with van der Waals surface area (Å²) in [7, 11) is 0. The molecule has 14 nitrogen and oxygen atoms in total. The highest BCUT2D eigenvalue weighted by molar-refractivity contribution is 6.35. The van der Waals surface area contributed by atoms with E-state index in [4.69, 9.17) is 45.5 Å². The Labute approximate surface area is 359 Å². The van der Waals surface area contributed by atoms with Gasteiger partial charge in [0.2, 0.25) is 23.2 Å². The van der Waals surface area contributed by atoms with E-state index in [9.17, 15) is 19.8 Å². The third-order valence-electron chi connectivity index (χ3n) is 9.12. The predicted molar refractivity (Wildman–Crippen MR) is 233 cm³/mol. The van der Waals surface area contributed by atoms with Crippen LogP contribution in [0.3, 0.4) is 0 Å². The summed E-state index contributed by atoms with van der Waals surface area (Å²) in [5.41, 5.74) is 6.30. The van der Waals surface area contributed by atoms with Gasteiger partial charge in [0.25, 0.3) is 11.8 Å². The zero-order chi connectivity index (χ0) is 44.0. The summed E-state index contributed by atoms with van der Waals surface area (Å²) < 4.78 is 10.8. The Morgan fingerprint density at radius 1 is 0.733 bits per heavy atom. The van der Waals surface area contributed by atoms with Crippen molar-refractivity contribution in [3.8, 4) is 11.5 Å². The Morgan fingerprint density at radius 2 is 1.25 bits per heavy atom. The minimum absolute atomic E-state index is 0.256. The second-order valence-electron chi connectivity index (χ2n) is 14.8. The number of rotatable bonds is 10. The van der Waals surface area contributed by atoms with Crippen molar-refractivity contribution >= 4 is 57.8 Å². The number of hydrogen-bond acceptors (Lipinski definition) is 10. The summed E-state index contributed by atoms with van der Waals surface area (Å²) in [6.07, 6.45) is 2.56. The number of benzene rings is 4. The van der Waals surface area contributed by atoms with Crippen LogP contribution in [0, 0.1) is 27.0 Å². The van der Waals surface area contributed by atoms with Crippen molar-refractivity contribution in [3.63, 3.8) is 0 Å². The number of nitrogens with one attached hydrogen (secondary N) is 4. The lowest BCUT2D eigenvalue weighted by Gasteiger charge is -2.30. The number of ether oxygens (including phenoxy) is 1. The van der Waals surface area contributed by atoms with Crippen LogP contribution in [0.15, 0.2) is 89.3 Å². The minimum atomic E-state index is -1.46. The average Bonchev–Trinajstić information content (AvgIpc) is 3.98. The van der Waals surface area contributed by atoms with Crippen molar-refractivity contribution in [2.45, 2.75) is 77.7 Å². The lowest BCUT2D eigenvalue weighted by Crippen LogP contribution is -2.56. The van der Waals surface area contributed by atoms with E-state index in [2.05, 4.69) is 41.4 Å². The number of hydrazine groups is 1. The maximum Gasteiger partial charge on any atom is 0.269 e. The van der Waals surface area contributed by atoms with Crippen LogP contribution in [-0.4, -0.2) is 62.7 Å². The van der Waals surface area contributed by atoms with E-state index in [-0.39, 0.29) is 10.9 Å². The van der Waals surface area contributed by atoms with Crippen molar-refractivity contribution < 1.29 is 29.0 Å². The number of hydrogen-bond donors (Lipinski definition) is 6. The first-order chi connectivity index (χ1) is 28.5. The first-order valence-electron chi connectivity index (χ1n) is 18.9.